The lowest BCUT2D eigenvalue weighted by Crippen LogP contribution is -2.16. The van der Waals surface area contributed by atoms with Crippen molar-refractivity contribution in [3.63, 3.8) is 0 Å². The number of benzene rings is 1. The molecule has 1 atom stereocenters. The van der Waals surface area contributed by atoms with Gasteiger partial charge in [-0.05, 0) is 69.0 Å². The molecule has 4 rings (SSSR count). The van der Waals surface area contributed by atoms with Gasteiger partial charge >= 0.3 is 0 Å². The molecule has 138 valence electrons. The monoisotopic (exact) mass is 433 g/mol. The zero-order valence-electron chi connectivity index (χ0n) is 14.9. The Balaban J connectivity index is 1.94. The van der Waals surface area contributed by atoms with Gasteiger partial charge in [0.05, 0.1) is 5.69 Å². The van der Waals surface area contributed by atoms with Crippen molar-refractivity contribution >= 4 is 15.9 Å². The summed E-state index contributed by atoms with van der Waals surface area (Å²) in [5.41, 5.74) is 3.96. The minimum atomic E-state index is -0.260. The standard InChI is InChI=1S/C23H17BrFN3/c24-21-7-1-6-20(28-21)23(16-8-10-19(25)11-9-16)22(17-4-2-12-26-14-17)18-5-3-13-27-15-18/h1-15,22-23H. The molecule has 1 aromatic carbocycles. The molecule has 4 aromatic rings. The number of halogens is 2. The van der Waals surface area contributed by atoms with Crippen LogP contribution in [-0.4, -0.2) is 15.0 Å². The van der Waals surface area contributed by atoms with Gasteiger partial charge in [0.15, 0.2) is 0 Å². The van der Waals surface area contributed by atoms with Gasteiger partial charge in [0.25, 0.3) is 0 Å². The third-order valence-corrected chi connectivity index (χ3v) is 5.15. The fourth-order valence-electron chi connectivity index (χ4n) is 3.50. The Labute approximate surface area is 171 Å². The number of hydrogen-bond acceptors (Lipinski definition) is 3. The van der Waals surface area contributed by atoms with Gasteiger partial charge in [-0.2, -0.15) is 0 Å². The van der Waals surface area contributed by atoms with Crippen LogP contribution in [0.3, 0.4) is 0 Å². The van der Waals surface area contributed by atoms with Crippen LogP contribution in [0.2, 0.25) is 0 Å². The van der Waals surface area contributed by atoms with Gasteiger partial charge in [0, 0.05) is 36.6 Å². The normalized spacial score (nSPS) is 12.1. The van der Waals surface area contributed by atoms with E-state index in [0.29, 0.717) is 0 Å². The Morgan fingerprint density at radius 1 is 0.679 bits per heavy atom. The van der Waals surface area contributed by atoms with Crippen LogP contribution in [-0.2, 0) is 0 Å². The molecule has 0 N–H and O–H groups in total. The van der Waals surface area contributed by atoms with E-state index in [1.165, 1.54) is 12.1 Å². The largest absolute Gasteiger partial charge is 0.264 e. The summed E-state index contributed by atoms with van der Waals surface area (Å²) in [4.78, 5) is 13.4. The van der Waals surface area contributed by atoms with Gasteiger partial charge in [0.2, 0.25) is 0 Å². The molecule has 3 nitrogen and oxygen atoms in total. The third-order valence-electron chi connectivity index (χ3n) is 4.70. The maximum absolute atomic E-state index is 13.6. The van der Waals surface area contributed by atoms with Crippen LogP contribution in [0.1, 0.15) is 34.2 Å². The molecule has 0 aliphatic rings. The van der Waals surface area contributed by atoms with E-state index in [1.807, 2.05) is 54.9 Å². The molecule has 0 bridgehead atoms. The van der Waals surface area contributed by atoms with Crippen molar-refractivity contribution in [1.29, 1.82) is 0 Å². The van der Waals surface area contributed by atoms with E-state index in [0.717, 1.165) is 27.0 Å². The molecule has 0 aliphatic heterocycles. The lowest BCUT2D eigenvalue weighted by Gasteiger charge is -2.28. The molecule has 1 unspecified atom stereocenters. The molecule has 5 heteroatoms. The average Bonchev–Trinajstić information content (AvgIpc) is 2.74. The van der Waals surface area contributed by atoms with Crippen LogP contribution < -0.4 is 0 Å². The minimum absolute atomic E-state index is 0.0744. The fraction of sp³-hybridized carbons (Fsp3) is 0.0870. The van der Waals surface area contributed by atoms with E-state index in [-0.39, 0.29) is 17.7 Å². The quantitative estimate of drug-likeness (QED) is 0.376. The van der Waals surface area contributed by atoms with Crippen LogP contribution in [0.25, 0.3) is 0 Å². The number of rotatable bonds is 5. The van der Waals surface area contributed by atoms with Crippen LogP contribution in [0.5, 0.6) is 0 Å². The minimum Gasteiger partial charge on any atom is -0.264 e. The molecule has 3 heterocycles. The predicted molar refractivity (Wildman–Crippen MR) is 110 cm³/mol. The van der Waals surface area contributed by atoms with Crippen molar-refractivity contribution in [1.82, 2.24) is 15.0 Å². The second-order valence-corrected chi connectivity index (χ2v) is 7.28. The van der Waals surface area contributed by atoms with Gasteiger partial charge in [-0.15, -0.1) is 0 Å². The van der Waals surface area contributed by atoms with Crippen molar-refractivity contribution in [2.45, 2.75) is 11.8 Å². The summed E-state index contributed by atoms with van der Waals surface area (Å²) in [5.74, 6) is -0.467. The van der Waals surface area contributed by atoms with Crippen LogP contribution >= 0.6 is 15.9 Å². The van der Waals surface area contributed by atoms with Crippen molar-refractivity contribution in [2.75, 3.05) is 0 Å². The van der Waals surface area contributed by atoms with Crippen molar-refractivity contribution < 1.29 is 4.39 Å². The van der Waals surface area contributed by atoms with Gasteiger partial charge in [-0.3, -0.25) is 9.97 Å². The number of nitrogens with zero attached hydrogens (tertiary/aromatic N) is 3. The second-order valence-electron chi connectivity index (χ2n) is 6.46. The highest BCUT2D eigenvalue weighted by atomic mass is 79.9. The van der Waals surface area contributed by atoms with Gasteiger partial charge in [-0.25, -0.2) is 9.37 Å². The van der Waals surface area contributed by atoms with Crippen molar-refractivity contribution in [2.24, 2.45) is 0 Å². The molecule has 0 saturated heterocycles. The maximum Gasteiger partial charge on any atom is 0.123 e. The molecule has 0 aliphatic carbocycles. The lowest BCUT2D eigenvalue weighted by molar-refractivity contribution is 0.622. The second kappa shape index (κ2) is 8.40. The highest BCUT2D eigenvalue weighted by Crippen LogP contribution is 2.42. The van der Waals surface area contributed by atoms with Crippen LogP contribution in [0.4, 0.5) is 4.39 Å². The predicted octanol–water partition coefficient (Wildman–Crippen LogP) is 5.74. The first-order chi connectivity index (χ1) is 13.7. The first-order valence-electron chi connectivity index (χ1n) is 8.90. The summed E-state index contributed by atoms with van der Waals surface area (Å²) in [5, 5.41) is 0. The molecule has 0 spiro atoms. The maximum atomic E-state index is 13.6. The van der Waals surface area contributed by atoms with E-state index in [1.54, 1.807) is 12.4 Å². The number of aromatic nitrogens is 3. The van der Waals surface area contributed by atoms with Gasteiger partial charge in [0.1, 0.15) is 10.4 Å². The molecule has 0 saturated carbocycles. The van der Waals surface area contributed by atoms with E-state index in [4.69, 9.17) is 4.98 Å². The zero-order valence-corrected chi connectivity index (χ0v) is 16.5. The van der Waals surface area contributed by atoms with E-state index < -0.39 is 0 Å². The summed E-state index contributed by atoms with van der Waals surface area (Å²) >= 11 is 3.48. The lowest BCUT2D eigenvalue weighted by atomic mass is 9.76. The van der Waals surface area contributed by atoms with E-state index in [2.05, 4.69) is 38.0 Å². The Morgan fingerprint density at radius 2 is 1.32 bits per heavy atom. The first-order valence-corrected chi connectivity index (χ1v) is 9.69. The van der Waals surface area contributed by atoms with Gasteiger partial charge in [-0.1, -0.05) is 30.3 Å². The summed E-state index contributed by atoms with van der Waals surface area (Å²) in [6, 6.07) is 20.4. The molecule has 0 radical (unpaired) electrons. The third kappa shape index (κ3) is 3.99. The molecular weight excluding hydrogens is 417 g/mol. The van der Waals surface area contributed by atoms with E-state index in [9.17, 15) is 4.39 Å². The Morgan fingerprint density at radius 3 is 1.86 bits per heavy atom. The first kappa shape index (κ1) is 18.4. The van der Waals surface area contributed by atoms with Crippen molar-refractivity contribution in [3.05, 3.63) is 124 Å². The Bertz CT molecular complexity index is 1000. The summed E-state index contributed by atoms with van der Waals surface area (Å²) < 4.78 is 14.4. The smallest absolute Gasteiger partial charge is 0.123 e. The van der Waals surface area contributed by atoms with E-state index >= 15 is 0 Å². The topological polar surface area (TPSA) is 38.7 Å². The highest BCUT2D eigenvalue weighted by molar-refractivity contribution is 9.10. The molecule has 0 amide bonds. The average molecular weight is 434 g/mol. The van der Waals surface area contributed by atoms with Crippen LogP contribution in [0.15, 0.2) is 96.1 Å². The van der Waals surface area contributed by atoms with Crippen molar-refractivity contribution in [3.8, 4) is 0 Å². The Hall–Kier alpha value is -2.92. The SMILES string of the molecule is Fc1ccc(C(c2cccc(Br)n2)C(c2cccnc2)c2cccnc2)cc1. The molecular formula is C23H17BrFN3. The zero-order chi connectivity index (χ0) is 19.3. The summed E-state index contributed by atoms with van der Waals surface area (Å²) in [6.07, 6.45) is 7.25. The highest BCUT2D eigenvalue weighted by Gasteiger charge is 2.29. The van der Waals surface area contributed by atoms with Crippen LogP contribution in [0, 0.1) is 5.82 Å². The number of hydrogen-bond donors (Lipinski definition) is 0. The molecule has 3 aromatic heterocycles. The Kier molecular flexibility index (Phi) is 5.53. The summed E-state index contributed by atoms with van der Waals surface area (Å²) in [7, 11) is 0. The fourth-order valence-corrected chi connectivity index (χ4v) is 3.86. The van der Waals surface area contributed by atoms with Gasteiger partial charge < -0.3 is 0 Å². The number of pyridine rings is 3. The molecule has 28 heavy (non-hydrogen) atoms. The summed E-state index contributed by atoms with van der Waals surface area (Å²) in [6.45, 7) is 0. The molecule has 0 fully saturated rings.